The van der Waals surface area contributed by atoms with E-state index in [9.17, 15) is 0 Å². The highest BCUT2D eigenvalue weighted by Gasteiger charge is 2.13. The lowest BCUT2D eigenvalue weighted by Gasteiger charge is -2.02. The van der Waals surface area contributed by atoms with E-state index in [0.29, 0.717) is 11.7 Å². The first-order valence-corrected chi connectivity index (χ1v) is 5.29. The summed E-state index contributed by atoms with van der Waals surface area (Å²) in [6, 6.07) is 8.07. The van der Waals surface area contributed by atoms with Gasteiger partial charge in [-0.1, -0.05) is 23.4 Å². The van der Waals surface area contributed by atoms with Crippen LogP contribution in [0.25, 0.3) is 11.5 Å². The van der Waals surface area contributed by atoms with E-state index in [2.05, 4.69) is 15.5 Å². The molecule has 0 amide bonds. The number of hydrogen-bond donors (Lipinski definition) is 1. The van der Waals surface area contributed by atoms with E-state index in [-0.39, 0.29) is 6.04 Å². The molecule has 0 aliphatic carbocycles. The molecule has 1 aromatic heterocycles. The molecule has 1 N–H and O–H groups in total. The van der Waals surface area contributed by atoms with Crippen molar-refractivity contribution in [3.8, 4) is 11.5 Å². The van der Waals surface area contributed by atoms with Crippen molar-refractivity contribution in [2.24, 2.45) is 0 Å². The number of nitrogens with zero attached hydrogens (tertiary/aromatic N) is 2. The summed E-state index contributed by atoms with van der Waals surface area (Å²) in [5.74, 6) is 1.26. The van der Waals surface area contributed by atoms with E-state index in [1.54, 1.807) is 0 Å². The summed E-state index contributed by atoms with van der Waals surface area (Å²) in [4.78, 5) is 4.37. The Labute approximate surface area is 94.7 Å². The van der Waals surface area contributed by atoms with Crippen LogP contribution in [0, 0.1) is 6.92 Å². The van der Waals surface area contributed by atoms with Crippen LogP contribution < -0.4 is 5.32 Å². The minimum absolute atomic E-state index is 0.0986. The fraction of sp³-hybridized carbons (Fsp3) is 0.333. The maximum Gasteiger partial charge on any atom is 0.258 e. The minimum atomic E-state index is 0.0986. The van der Waals surface area contributed by atoms with Crippen LogP contribution in [0.4, 0.5) is 0 Å². The first-order chi connectivity index (χ1) is 7.72. The van der Waals surface area contributed by atoms with Gasteiger partial charge in [0.1, 0.15) is 0 Å². The van der Waals surface area contributed by atoms with Crippen LogP contribution in [0.1, 0.15) is 24.4 Å². The number of nitrogens with one attached hydrogen (secondary N) is 1. The van der Waals surface area contributed by atoms with Gasteiger partial charge in [-0.3, -0.25) is 0 Å². The molecule has 0 saturated carbocycles. The third-order valence-electron chi connectivity index (χ3n) is 2.64. The molecule has 2 aromatic rings. The lowest BCUT2D eigenvalue weighted by atomic mass is 10.1. The molecule has 0 bridgehead atoms. The van der Waals surface area contributed by atoms with E-state index in [1.165, 1.54) is 0 Å². The van der Waals surface area contributed by atoms with Crippen molar-refractivity contribution in [2.45, 2.75) is 19.9 Å². The van der Waals surface area contributed by atoms with Crippen molar-refractivity contribution in [1.29, 1.82) is 0 Å². The zero-order valence-corrected chi connectivity index (χ0v) is 9.69. The first-order valence-electron chi connectivity index (χ1n) is 5.29. The van der Waals surface area contributed by atoms with E-state index >= 15 is 0 Å². The Morgan fingerprint density at radius 2 is 2.06 bits per heavy atom. The number of aryl methyl sites for hydroxylation is 1. The lowest BCUT2D eigenvalue weighted by molar-refractivity contribution is 0.413. The molecular weight excluding hydrogens is 202 g/mol. The maximum absolute atomic E-state index is 5.25. The van der Waals surface area contributed by atoms with Gasteiger partial charge in [0.05, 0.1) is 6.04 Å². The van der Waals surface area contributed by atoms with Gasteiger partial charge in [-0.05, 0) is 32.5 Å². The van der Waals surface area contributed by atoms with Gasteiger partial charge in [-0.25, -0.2) is 0 Å². The highest BCUT2D eigenvalue weighted by molar-refractivity contribution is 5.57. The Kier molecular flexibility index (Phi) is 3.01. The third kappa shape index (κ3) is 1.97. The second-order valence-corrected chi connectivity index (χ2v) is 3.78. The normalized spacial score (nSPS) is 12.7. The summed E-state index contributed by atoms with van der Waals surface area (Å²) in [7, 11) is 1.87. The highest BCUT2D eigenvalue weighted by atomic mass is 16.5. The largest absolute Gasteiger partial charge is 0.334 e. The average Bonchev–Trinajstić information content (AvgIpc) is 2.78. The highest BCUT2D eigenvalue weighted by Crippen LogP contribution is 2.22. The molecule has 1 unspecified atom stereocenters. The second-order valence-electron chi connectivity index (χ2n) is 3.78. The number of rotatable bonds is 3. The van der Waals surface area contributed by atoms with Crippen LogP contribution in [0.5, 0.6) is 0 Å². The number of hydrogen-bond acceptors (Lipinski definition) is 4. The maximum atomic E-state index is 5.25. The number of aromatic nitrogens is 2. The molecule has 0 saturated heterocycles. The van der Waals surface area contributed by atoms with Crippen molar-refractivity contribution in [2.75, 3.05) is 7.05 Å². The summed E-state index contributed by atoms with van der Waals surface area (Å²) >= 11 is 0. The Morgan fingerprint density at radius 3 is 2.75 bits per heavy atom. The van der Waals surface area contributed by atoms with Gasteiger partial charge >= 0.3 is 0 Å². The van der Waals surface area contributed by atoms with Gasteiger partial charge in [-0.15, -0.1) is 0 Å². The SMILES string of the molecule is CNC(C)c1noc(-c2ccccc2C)n1. The number of benzene rings is 1. The lowest BCUT2D eigenvalue weighted by Crippen LogP contribution is -2.13. The molecule has 0 aliphatic rings. The van der Waals surface area contributed by atoms with Crippen LogP contribution in [-0.2, 0) is 0 Å². The third-order valence-corrected chi connectivity index (χ3v) is 2.64. The van der Waals surface area contributed by atoms with E-state index < -0.39 is 0 Å². The van der Waals surface area contributed by atoms with Crippen LogP contribution in [0.15, 0.2) is 28.8 Å². The predicted molar refractivity (Wildman–Crippen MR) is 61.9 cm³/mol. The molecule has 84 valence electrons. The van der Waals surface area contributed by atoms with Crippen molar-refractivity contribution in [3.05, 3.63) is 35.7 Å². The van der Waals surface area contributed by atoms with Gasteiger partial charge in [0.15, 0.2) is 5.82 Å². The summed E-state index contributed by atoms with van der Waals surface area (Å²) in [6.07, 6.45) is 0. The Morgan fingerprint density at radius 1 is 1.31 bits per heavy atom. The zero-order chi connectivity index (χ0) is 11.5. The Bertz CT molecular complexity index is 479. The molecule has 0 radical (unpaired) electrons. The summed E-state index contributed by atoms with van der Waals surface area (Å²) in [5.41, 5.74) is 2.12. The topological polar surface area (TPSA) is 51.0 Å². The smallest absolute Gasteiger partial charge is 0.258 e. The molecule has 0 aliphatic heterocycles. The predicted octanol–water partition coefficient (Wildman–Crippen LogP) is 2.33. The second kappa shape index (κ2) is 4.45. The van der Waals surface area contributed by atoms with Gasteiger partial charge < -0.3 is 9.84 Å². The van der Waals surface area contributed by atoms with E-state index in [1.807, 2.05) is 45.2 Å². The summed E-state index contributed by atoms with van der Waals surface area (Å²) in [5, 5.41) is 7.03. The standard InChI is InChI=1S/C12H15N3O/c1-8-6-4-5-7-10(8)12-14-11(15-16-12)9(2)13-3/h4-7,9,13H,1-3H3. The average molecular weight is 217 g/mol. The minimum Gasteiger partial charge on any atom is -0.334 e. The van der Waals surface area contributed by atoms with Crippen molar-refractivity contribution in [3.63, 3.8) is 0 Å². The van der Waals surface area contributed by atoms with Gasteiger partial charge in [0.25, 0.3) is 5.89 Å². The molecule has 1 atom stereocenters. The van der Waals surface area contributed by atoms with Crippen molar-refractivity contribution in [1.82, 2.24) is 15.5 Å². The molecule has 1 aromatic carbocycles. The summed E-state index contributed by atoms with van der Waals surface area (Å²) in [6.45, 7) is 4.02. The fourth-order valence-corrected chi connectivity index (χ4v) is 1.46. The first kappa shape index (κ1) is 10.8. The molecule has 1 heterocycles. The fourth-order valence-electron chi connectivity index (χ4n) is 1.46. The van der Waals surface area contributed by atoms with Crippen LogP contribution >= 0.6 is 0 Å². The monoisotopic (exact) mass is 217 g/mol. The molecule has 0 fully saturated rings. The molecule has 0 spiro atoms. The Hall–Kier alpha value is -1.68. The van der Waals surface area contributed by atoms with Gasteiger partial charge in [0.2, 0.25) is 0 Å². The molecule has 4 nitrogen and oxygen atoms in total. The van der Waals surface area contributed by atoms with Crippen LogP contribution in [0.3, 0.4) is 0 Å². The van der Waals surface area contributed by atoms with Crippen molar-refractivity contribution >= 4 is 0 Å². The van der Waals surface area contributed by atoms with Crippen LogP contribution in [-0.4, -0.2) is 17.2 Å². The quantitative estimate of drug-likeness (QED) is 0.857. The molecule has 16 heavy (non-hydrogen) atoms. The summed E-state index contributed by atoms with van der Waals surface area (Å²) < 4.78 is 5.25. The van der Waals surface area contributed by atoms with E-state index in [0.717, 1.165) is 11.1 Å². The molecule has 2 rings (SSSR count). The molecule has 4 heteroatoms. The van der Waals surface area contributed by atoms with Crippen LogP contribution in [0.2, 0.25) is 0 Å². The van der Waals surface area contributed by atoms with Crippen molar-refractivity contribution < 1.29 is 4.52 Å². The van der Waals surface area contributed by atoms with Gasteiger partial charge in [0, 0.05) is 5.56 Å². The van der Waals surface area contributed by atoms with Gasteiger partial charge in [-0.2, -0.15) is 4.98 Å². The van der Waals surface area contributed by atoms with E-state index in [4.69, 9.17) is 4.52 Å². The Balaban J connectivity index is 2.35. The zero-order valence-electron chi connectivity index (χ0n) is 9.69. The molecular formula is C12H15N3O.